The van der Waals surface area contributed by atoms with Gasteiger partial charge in [-0.2, -0.15) is 5.10 Å². The Hall–Kier alpha value is -0.910. The van der Waals surface area contributed by atoms with Crippen molar-refractivity contribution in [3.05, 3.63) is 17.5 Å². The van der Waals surface area contributed by atoms with Gasteiger partial charge in [-0.15, -0.1) is 0 Å². The van der Waals surface area contributed by atoms with Gasteiger partial charge in [0.1, 0.15) is 0 Å². The summed E-state index contributed by atoms with van der Waals surface area (Å²) in [6, 6.07) is 2.88. The molecule has 2 atom stereocenters. The van der Waals surface area contributed by atoms with E-state index >= 15 is 0 Å². The molecular formula is C15H25N3O2. The largest absolute Gasteiger partial charge is 0.347 e. The van der Waals surface area contributed by atoms with Gasteiger partial charge in [-0.25, -0.2) is 0 Å². The number of aromatic nitrogens is 2. The summed E-state index contributed by atoms with van der Waals surface area (Å²) in [6.07, 6.45) is 2.92. The zero-order valence-electron chi connectivity index (χ0n) is 12.7. The molecule has 112 valence electrons. The summed E-state index contributed by atoms with van der Waals surface area (Å²) in [7, 11) is 0. The molecule has 1 aliphatic carbocycles. The van der Waals surface area contributed by atoms with E-state index in [1.165, 1.54) is 5.69 Å². The Kier molecular flexibility index (Phi) is 3.84. The van der Waals surface area contributed by atoms with Crippen LogP contribution in [0.3, 0.4) is 0 Å². The van der Waals surface area contributed by atoms with Gasteiger partial charge in [0.05, 0.1) is 24.9 Å². The maximum absolute atomic E-state index is 5.92. The fraction of sp³-hybridized carbons (Fsp3) is 0.800. The first kappa shape index (κ1) is 14.0. The van der Waals surface area contributed by atoms with Crippen LogP contribution in [0.4, 0.5) is 0 Å². The monoisotopic (exact) mass is 279 g/mol. The van der Waals surface area contributed by atoms with Crippen molar-refractivity contribution >= 4 is 0 Å². The Labute approximate surface area is 120 Å². The lowest BCUT2D eigenvalue weighted by molar-refractivity contribution is -0.189. The number of likely N-dealkylation sites (N-methyl/N-ethyl adjacent to an activating group) is 1. The lowest BCUT2D eigenvalue weighted by atomic mass is 9.85. The summed E-state index contributed by atoms with van der Waals surface area (Å²) in [5, 5.41) is 8.29. The first-order valence-corrected chi connectivity index (χ1v) is 7.67. The third-order valence-electron chi connectivity index (χ3n) is 4.46. The van der Waals surface area contributed by atoms with E-state index in [1.807, 2.05) is 6.92 Å². The fourth-order valence-electron chi connectivity index (χ4n) is 3.63. The van der Waals surface area contributed by atoms with Gasteiger partial charge in [-0.1, -0.05) is 6.92 Å². The Bertz CT molecular complexity index is 466. The van der Waals surface area contributed by atoms with E-state index in [2.05, 4.69) is 35.0 Å². The third kappa shape index (κ3) is 2.50. The lowest BCUT2D eigenvalue weighted by Gasteiger charge is -2.41. The lowest BCUT2D eigenvalue weighted by Crippen LogP contribution is -2.49. The van der Waals surface area contributed by atoms with E-state index in [4.69, 9.17) is 9.47 Å². The highest BCUT2D eigenvalue weighted by atomic mass is 16.7. The van der Waals surface area contributed by atoms with Crippen molar-refractivity contribution in [1.82, 2.24) is 15.1 Å². The molecule has 3 rings (SSSR count). The molecule has 0 amide bonds. The number of hydrogen-bond acceptors (Lipinski definition) is 4. The topological polar surface area (TPSA) is 48.3 Å². The zero-order valence-corrected chi connectivity index (χ0v) is 12.7. The summed E-state index contributed by atoms with van der Waals surface area (Å²) in [6.45, 7) is 8.75. The maximum atomic E-state index is 5.92. The van der Waals surface area contributed by atoms with Crippen LogP contribution in [-0.2, 0) is 9.47 Å². The average Bonchev–Trinajstić information content (AvgIpc) is 2.99. The molecule has 5 heteroatoms. The molecule has 1 aromatic rings. The van der Waals surface area contributed by atoms with Gasteiger partial charge >= 0.3 is 0 Å². The molecule has 0 bridgehead atoms. The van der Waals surface area contributed by atoms with E-state index in [0.29, 0.717) is 12.1 Å². The summed E-state index contributed by atoms with van der Waals surface area (Å²) >= 11 is 0. The van der Waals surface area contributed by atoms with Crippen LogP contribution < -0.4 is 5.32 Å². The Balaban J connectivity index is 1.87. The second kappa shape index (κ2) is 5.47. The molecular weight excluding hydrogens is 254 g/mol. The second-order valence-corrected chi connectivity index (χ2v) is 5.95. The smallest absolute Gasteiger partial charge is 0.170 e. The van der Waals surface area contributed by atoms with Gasteiger partial charge in [0.15, 0.2) is 5.79 Å². The Morgan fingerprint density at radius 3 is 2.75 bits per heavy atom. The van der Waals surface area contributed by atoms with E-state index in [9.17, 15) is 0 Å². The molecule has 2 aliphatic rings. The fourth-order valence-corrected chi connectivity index (χ4v) is 3.63. The molecule has 1 N–H and O–H groups in total. The molecule has 2 heterocycles. The van der Waals surface area contributed by atoms with E-state index in [1.54, 1.807) is 0 Å². The van der Waals surface area contributed by atoms with Crippen molar-refractivity contribution in [3.8, 4) is 0 Å². The van der Waals surface area contributed by atoms with Crippen LogP contribution in [0.2, 0.25) is 0 Å². The Morgan fingerprint density at radius 1 is 1.40 bits per heavy atom. The van der Waals surface area contributed by atoms with Crippen molar-refractivity contribution < 1.29 is 9.47 Å². The van der Waals surface area contributed by atoms with Gasteiger partial charge in [0.25, 0.3) is 0 Å². The molecule has 1 saturated heterocycles. The van der Waals surface area contributed by atoms with Crippen LogP contribution in [0.5, 0.6) is 0 Å². The molecule has 1 aromatic heterocycles. The molecule has 1 spiro atoms. The summed E-state index contributed by atoms with van der Waals surface area (Å²) in [5.74, 6) is -0.372. The van der Waals surface area contributed by atoms with Crippen LogP contribution in [0.1, 0.15) is 43.6 Å². The molecule has 1 saturated carbocycles. The highest BCUT2D eigenvalue weighted by Gasteiger charge is 2.46. The van der Waals surface area contributed by atoms with Crippen molar-refractivity contribution in [2.45, 2.75) is 57.9 Å². The molecule has 1 aliphatic heterocycles. The number of nitrogens with one attached hydrogen (secondary N) is 1. The van der Waals surface area contributed by atoms with Crippen LogP contribution in [0.25, 0.3) is 0 Å². The number of ether oxygens (including phenoxy) is 2. The summed E-state index contributed by atoms with van der Waals surface area (Å²) < 4.78 is 14.0. The minimum absolute atomic E-state index is 0.301. The quantitative estimate of drug-likeness (QED) is 0.918. The standard InChI is InChI=1S/C15H25N3O2/c1-4-16-13-5-6-15(19-7-8-20-15)10-14(13)18-12(3)9-11(2)17-18/h9,13-14,16H,4-8,10H2,1-3H3. The normalized spacial score (nSPS) is 29.1. The number of hydrogen-bond donors (Lipinski definition) is 1. The minimum Gasteiger partial charge on any atom is -0.347 e. The van der Waals surface area contributed by atoms with Crippen LogP contribution in [-0.4, -0.2) is 41.4 Å². The summed E-state index contributed by atoms with van der Waals surface area (Å²) in [4.78, 5) is 0. The van der Waals surface area contributed by atoms with Gasteiger partial charge in [0, 0.05) is 24.6 Å². The predicted molar refractivity (Wildman–Crippen MR) is 76.7 cm³/mol. The van der Waals surface area contributed by atoms with Gasteiger partial charge < -0.3 is 14.8 Å². The molecule has 0 radical (unpaired) electrons. The van der Waals surface area contributed by atoms with Crippen LogP contribution >= 0.6 is 0 Å². The van der Waals surface area contributed by atoms with E-state index < -0.39 is 0 Å². The first-order chi connectivity index (χ1) is 9.63. The molecule has 2 fully saturated rings. The SMILES string of the molecule is CCNC1CCC2(CC1n1nc(C)cc1C)OCCO2. The third-order valence-corrected chi connectivity index (χ3v) is 4.46. The van der Waals surface area contributed by atoms with Crippen molar-refractivity contribution in [1.29, 1.82) is 0 Å². The summed E-state index contributed by atoms with van der Waals surface area (Å²) in [5.41, 5.74) is 2.29. The maximum Gasteiger partial charge on any atom is 0.170 e. The first-order valence-electron chi connectivity index (χ1n) is 7.67. The van der Waals surface area contributed by atoms with Crippen molar-refractivity contribution in [3.63, 3.8) is 0 Å². The number of rotatable bonds is 3. The highest BCUT2D eigenvalue weighted by Crippen LogP contribution is 2.41. The number of aryl methyl sites for hydroxylation is 2. The van der Waals surface area contributed by atoms with Crippen LogP contribution in [0, 0.1) is 13.8 Å². The second-order valence-electron chi connectivity index (χ2n) is 5.95. The van der Waals surface area contributed by atoms with Crippen LogP contribution in [0.15, 0.2) is 6.07 Å². The van der Waals surface area contributed by atoms with E-state index in [-0.39, 0.29) is 5.79 Å². The zero-order chi connectivity index (χ0) is 14.2. The predicted octanol–water partition coefficient (Wildman–Crippen LogP) is 1.95. The highest BCUT2D eigenvalue weighted by molar-refractivity contribution is 5.09. The van der Waals surface area contributed by atoms with Crippen molar-refractivity contribution in [2.75, 3.05) is 19.8 Å². The minimum atomic E-state index is -0.372. The van der Waals surface area contributed by atoms with Gasteiger partial charge in [-0.05, 0) is 32.9 Å². The number of nitrogens with zero attached hydrogens (tertiary/aromatic N) is 2. The van der Waals surface area contributed by atoms with Crippen molar-refractivity contribution in [2.24, 2.45) is 0 Å². The molecule has 0 aromatic carbocycles. The molecule has 5 nitrogen and oxygen atoms in total. The van der Waals surface area contributed by atoms with Gasteiger partial charge in [-0.3, -0.25) is 4.68 Å². The average molecular weight is 279 g/mol. The van der Waals surface area contributed by atoms with E-state index in [0.717, 1.165) is 44.7 Å². The Morgan fingerprint density at radius 2 is 2.15 bits per heavy atom. The molecule has 2 unspecified atom stereocenters. The molecule has 20 heavy (non-hydrogen) atoms. The van der Waals surface area contributed by atoms with Gasteiger partial charge in [0.2, 0.25) is 0 Å².